The van der Waals surface area contributed by atoms with E-state index >= 15 is 0 Å². The van der Waals surface area contributed by atoms with Crippen molar-refractivity contribution in [2.45, 2.75) is 13.5 Å². The molecule has 1 aromatic carbocycles. The van der Waals surface area contributed by atoms with Crippen molar-refractivity contribution in [3.63, 3.8) is 0 Å². The first-order valence-corrected chi connectivity index (χ1v) is 6.31. The number of hydrogen-bond acceptors (Lipinski definition) is 4. The predicted molar refractivity (Wildman–Crippen MR) is 73.9 cm³/mol. The molecule has 0 spiro atoms. The van der Waals surface area contributed by atoms with Crippen LogP contribution in [0.3, 0.4) is 0 Å². The van der Waals surface area contributed by atoms with E-state index in [1.54, 1.807) is 37.7 Å². The summed E-state index contributed by atoms with van der Waals surface area (Å²) < 4.78 is 10.6. The van der Waals surface area contributed by atoms with Gasteiger partial charge in [-0.05, 0) is 25.1 Å². The lowest BCUT2D eigenvalue weighted by atomic mass is 10.2. The highest BCUT2D eigenvalue weighted by molar-refractivity contribution is 5.94. The number of nitrogens with one attached hydrogen (secondary N) is 2. The van der Waals surface area contributed by atoms with Crippen molar-refractivity contribution in [1.82, 2.24) is 15.5 Å². The van der Waals surface area contributed by atoms with Gasteiger partial charge < -0.3 is 14.8 Å². The van der Waals surface area contributed by atoms with Gasteiger partial charge in [-0.25, -0.2) is 0 Å². The number of aromatic nitrogens is 2. The Labute approximate surface area is 117 Å². The molecule has 0 aliphatic rings. The Morgan fingerprint density at radius 3 is 2.90 bits per heavy atom. The number of amides is 1. The molecule has 0 saturated carbocycles. The van der Waals surface area contributed by atoms with Gasteiger partial charge in [0, 0.05) is 23.9 Å². The average molecular weight is 275 g/mol. The SMILES string of the molecule is CCOc1cc(C(=O)NCc2cn[nH]c2)ccc1OC. The van der Waals surface area contributed by atoms with Crippen molar-refractivity contribution in [1.29, 1.82) is 0 Å². The topological polar surface area (TPSA) is 76.2 Å². The summed E-state index contributed by atoms with van der Waals surface area (Å²) in [7, 11) is 1.57. The number of ether oxygens (including phenoxy) is 2. The zero-order chi connectivity index (χ0) is 14.4. The Morgan fingerprint density at radius 1 is 1.40 bits per heavy atom. The molecule has 0 aliphatic heterocycles. The standard InChI is InChI=1S/C14H17N3O3/c1-3-20-13-6-11(4-5-12(13)19-2)14(18)15-7-10-8-16-17-9-10/h4-6,8-9H,3,7H2,1-2H3,(H,15,18)(H,16,17). The molecule has 0 unspecified atom stereocenters. The van der Waals surface area contributed by atoms with Gasteiger partial charge in [0.15, 0.2) is 11.5 Å². The number of benzene rings is 1. The van der Waals surface area contributed by atoms with Crippen molar-refractivity contribution >= 4 is 5.91 Å². The molecule has 0 fully saturated rings. The smallest absolute Gasteiger partial charge is 0.251 e. The molecule has 6 nitrogen and oxygen atoms in total. The molecule has 1 aromatic heterocycles. The van der Waals surface area contributed by atoms with E-state index in [1.807, 2.05) is 6.92 Å². The largest absolute Gasteiger partial charge is 0.493 e. The lowest BCUT2D eigenvalue weighted by Crippen LogP contribution is -2.22. The van der Waals surface area contributed by atoms with E-state index in [9.17, 15) is 4.79 Å². The lowest BCUT2D eigenvalue weighted by Gasteiger charge is -2.11. The second-order valence-corrected chi connectivity index (χ2v) is 4.09. The second kappa shape index (κ2) is 6.60. The van der Waals surface area contributed by atoms with Crippen molar-refractivity contribution in [3.05, 3.63) is 41.7 Å². The zero-order valence-corrected chi connectivity index (χ0v) is 11.5. The third kappa shape index (κ3) is 3.28. The molecule has 20 heavy (non-hydrogen) atoms. The summed E-state index contributed by atoms with van der Waals surface area (Å²) in [6, 6.07) is 5.09. The van der Waals surface area contributed by atoms with Crippen LogP contribution in [0.15, 0.2) is 30.6 Å². The molecule has 106 valence electrons. The zero-order valence-electron chi connectivity index (χ0n) is 11.5. The van der Waals surface area contributed by atoms with Gasteiger partial charge in [0.1, 0.15) is 0 Å². The van der Waals surface area contributed by atoms with Crippen LogP contribution in [-0.4, -0.2) is 29.8 Å². The fourth-order valence-electron chi connectivity index (χ4n) is 1.74. The molecule has 0 saturated heterocycles. The molecule has 0 radical (unpaired) electrons. The van der Waals surface area contributed by atoms with Crippen molar-refractivity contribution in [2.24, 2.45) is 0 Å². The van der Waals surface area contributed by atoms with Gasteiger partial charge in [-0.1, -0.05) is 0 Å². The molecule has 0 atom stereocenters. The molecule has 2 rings (SSSR count). The minimum absolute atomic E-state index is 0.171. The third-order valence-corrected chi connectivity index (χ3v) is 2.73. The first-order valence-electron chi connectivity index (χ1n) is 6.31. The van der Waals surface area contributed by atoms with Crippen LogP contribution in [0.25, 0.3) is 0 Å². The Hall–Kier alpha value is -2.50. The summed E-state index contributed by atoms with van der Waals surface area (Å²) in [4.78, 5) is 12.1. The van der Waals surface area contributed by atoms with E-state index in [4.69, 9.17) is 9.47 Å². The Kier molecular flexibility index (Phi) is 4.60. The minimum atomic E-state index is -0.171. The van der Waals surface area contributed by atoms with Gasteiger partial charge in [-0.2, -0.15) is 5.10 Å². The van der Waals surface area contributed by atoms with Gasteiger partial charge in [0.2, 0.25) is 0 Å². The first kappa shape index (κ1) is 13.9. The van der Waals surface area contributed by atoms with Gasteiger partial charge in [0.25, 0.3) is 5.91 Å². The molecule has 2 aromatic rings. The normalized spacial score (nSPS) is 10.1. The minimum Gasteiger partial charge on any atom is -0.493 e. The highest BCUT2D eigenvalue weighted by Crippen LogP contribution is 2.27. The molecule has 0 bridgehead atoms. The first-order chi connectivity index (χ1) is 9.74. The summed E-state index contributed by atoms with van der Waals surface area (Å²) in [6.45, 7) is 2.81. The van der Waals surface area contributed by atoms with Gasteiger partial charge in [0.05, 0.1) is 19.9 Å². The van der Waals surface area contributed by atoms with Crippen LogP contribution >= 0.6 is 0 Å². The Balaban J connectivity index is 2.07. The number of H-pyrrole nitrogens is 1. The number of aromatic amines is 1. The van der Waals surface area contributed by atoms with Crippen LogP contribution < -0.4 is 14.8 Å². The molecular formula is C14H17N3O3. The number of methoxy groups -OCH3 is 1. The second-order valence-electron chi connectivity index (χ2n) is 4.09. The average Bonchev–Trinajstić information content (AvgIpc) is 2.98. The van der Waals surface area contributed by atoms with E-state index in [-0.39, 0.29) is 5.91 Å². The van der Waals surface area contributed by atoms with Crippen LogP contribution in [0.4, 0.5) is 0 Å². The fraction of sp³-hybridized carbons (Fsp3) is 0.286. The number of hydrogen-bond donors (Lipinski definition) is 2. The van der Waals surface area contributed by atoms with Crippen LogP contribution in [0.5, 0.6) is 11.5 Å². The summed E-state index contributed by atoms with van der Waals surface area (Å²) in [5, 5.41) is 9.33. The monoisotopic (exact) mass is 275 g/mol. The maximum absolute atomic E-state index is 12.1. The lowest BCUT2D eigenvalue weighted by molar-refractivity contribution is 0.0950. The van der Waals surface area contributed by atoms with Crippen LogP contribution in [0.1, 0.15) is 22.8 Å². The van der Waals surface area contributed by atoms with Crippen molar-refractivity contribution in [2.75, 3.05) is 13.7 Å². The molecule has 2 N–H and O–H groups in total. The maximum Gasteiger partial charge on any atom is 0.251 e. The number of carbonyl (C=O) groups is 1. The number of carbonyl (C=O) groups excluding carboxylic acids is 1. The van der Waals surface area contributed by atoms with Crippen LogP contribution in [-0.2, 0) is 6.54 Å². The molecular weight excluding hydrogens is 258 g/mol. The summed E-state index contributed by atoms with van der Waals surface area (Å²) in [5.74, 6) is 0.999. The Bertz CT molecular complexity index is 567. The predicted octanol–water partition coefficient (Wildman–Crippen LogP) is 1.75. The molecule has 6 heteroatoms. The molecule has 0 aliphatic carbocycles. The van der Waals surface area contributed by atoms with E-state index in [1.165, 1.54) is 0 Å². The van der Waals surface area contributed by atoms with E-state index in [0.717, 1.165) is 5.56 Å². The number of nitrogens with zero attached hydrogens (tertiary/aromatic N) is 1. The highest BCUT2D eigenvalue weighted by Gasteiger charge is 2.11. The van der Waals surface area contributed by atoms with Crippen LogP contribution in [0.2, 0.25) is 0 Å². The van der Waals surface area contributed by atoms with Gasteiger partial charge in [-0.15, -0.1) is 0 Å². The quantitative estimate of drug-likeness (QED) is 0.842. The van der Waals surface area contributed by atoms with Crippen molar-refractivity contribution < 1.29 is 14.3 Å². The Morgan fingerprint density at radius 2 is 2.25 bits per heavy atom. The summed E-state index contributed by atoms with van der Waals surface area (Å²) in [5.41, 5.74) is 1.44. The highest BCUT2D eigenvalue weighted by atomic mass is 16.5. The molecule has 1 amide bonds. The van der Waals surface area contributed by atoms with Crippen molar-refractivity contribution in [3.8, 4) is 11.5 Å². The summed E-state index contributed by atoms with van der Waals surface area (Å²) >= 11 is 0. The maximum atomic E-state index is 12.1. The van der Waals surface area contributed by atoms with E-state index in [0.29, 0.717) is 30.2 Å². The molecule has 1 heterocycles. The van der Waals surface area contributed by atoms with Crippen LogP contribution in [0, 0.1) is 0 Å². The van der Waals surface area contributed by atoms with E-state index < -0.39 is 0 Å². The van der Waals surface area contributed by atoms with Gasteiger partial charge >= 0.3 is 0 Å². The van der Waals surface area contributed by atoms with Gasteiger partial charge in [-0.3, -0.25) is 9.89 Å². The fourth-order valence-corrected chi connectivity index (χ4v) is 1.74. The summed E-state index contributed by atoms with van der Waals surface area (Å²) in [6.07, 6.45) is 3.40. The van der Waals surface area contributed by atoms with E-state index in [2.05, 4.69) is 15.5 Å². The number of rotatable bonds is 6. The third-order valence-electron chi connectivity index (χ3n) is 2.73.